The standard InChI is InChI=1S/C20H22FNO4/c1-13-17(24-2)10-15(11-18(13)25-3)20(23)22-8-9-26-19(12-22)14-4-6-16(21)7-5-14/h4-7,10-11,19H,8-9,12H2,1-3H3. The van der Waals surface area contributed by atoms with Gasteiger partial charge in [0.1, 0.15) is 23.4 Å². The van der Waals surface area contributed by atoms with Crippen molar-refractivity contribution in [3.8, 4) is 11.5 Å². The molecule has 5 nitrogen and oxygen atoms in total. The number of benzene rings is 2. The summed E-state index contributed by atoms with van der Waals surface area (Å²) in [5, 5.41) is 0. The molecular weight excluding hydrogens is 337 g/mol. The van der Waals surface area contributed by atoms with Crippen molar-refractivity contribution >= 4 is 5.91 Å². The number of ether oxygens (including phenoxy) is 3. The van der Waals surface area contributed by atoms with Gasteiger partial charge in [0.25, 0.3) is 5.91 Å². The molecule has 6 heteroatoms. The van der Waals surface area contributed by atoms with Gasteiger partial charge in [0.2, 0.25) is 0 Å². The lowest BCUT2D eigenvalue weighted by molar-refractivity contribution is -0.0228. The highest BCUT2D eigenvalue weighted by Gasteiger charge is 2.27. The van der Waals surface area contributed by atoms with Gasteiger partial charge in [-0.25, -0.2) is 4.39 Å². The Morgan fingerprint density at radius 2 is 1.77 bits per heavy atom. The van der Waals surface area contributed by atoms with E-state index >= 15 is 0 Å². The summed E-state index contributed by atoms with van der Waals surface area (Å²) in [4.78, 5) is 14.7. The molecule has 1 aliphatic heterocycles. The van der Waals surface area contributed by atoms with Crippen molar-refractivity contribution in [1.82, 2.24) is 4.90 Å². The summed E-state index contributed by atoms with van der Waals surface area (Å²) in [5.74, 6) is 0.806. The molecule has 1 saturated heterocycles. The maximum atomic E-state index is 13.1. The van der Waals surface area contributed by atoms with Gasteiger partial charge in [-0.2, -0.15) is 0 Å². The van der Waals surface area contributed by atoms with E-state index in [1.54, 1.807) is 43.4 Å². The highest BCUT2D eigenvalue weighted by molar-refractivity contribution is 5.95. The second-order valence-electron chi connectivity index (χ2n) is 6.17. The number of rotatable bonds is 4. The van der Waals surface area contributed by atoms with Gasteiger partial charge in [0.05, 0.1) is 27.4 Å². The zero-order valence-corrected chi connectivity index (χ0v) is 15.1. The van der Waals surface area contributed by atoms with Crippen molar-refractivity contribution in [2.24, 2.45) is 0 Å². The predicted molar refractivity (Wildman–Crippen MR) is 95.3 cm³/mol. The maximum absolute atomic E-state index is 13.1. The molecular formula is C20H22FNO4. The normalized spacial score (nSPS) is 17.1. The van der Waals surface area contributed by atoms with E-state index in [0.29, 0.717) is 36.8 Å². The number of hydrogen-bond acceptors (Lipinski definition) is 4. The van der Waals surface area contributed by atoms with Crippen molar-refractivity contribution < 1.29 is 23.4 Å². The molecule has 0 bridgehead atoms. The molecule has 0 spiro atoms. The number of amides is 1. The first-order chi connectivity index (χ1) is 12.5. The van der Waals surface area contributed by atoms with Crippen molar-refractivity contribution in [1.29, 1.82) is 0 Å². The van der Waals surface area contributed by atoms with Crippen LogP contribution in [-0.4, -0.2) is 44.7 Å². The molecule has 0 saturated carbocycles. The fraction of sp³-hybridized carbons (Fsp3) is 0.350. The summed E-state index contributed by atoms with van der Waals surface area (Å²) >= 11 is 0. The summed E-state index contributed by atoms with van der Waals surface area (Å²) in [6.07, 6.45) is -0.275. The van der Waals surface area contributed by atoms with E-state index in [0.717, 1.165) is 11.1 Å². The summed E-state index contributed by atoms with van der Waals surface area (Å²) in [7, 11) is 3.13. The Morgan fingerprint density at radius 3 is 2.35 bits per heavy atom. The summed E-state index contributed by atoms with van der Waals surface area (Å²) in [5.41, 5.74) is 2.20. The van der Waals surface area contributed by atoms with Crippen molar-refractivity contribution in [3.05, 3.63) is 58.9 Å². The van der Waals surface area contributed by atoms with Gasteiger partial charge in [0, 0.05) is 17.7 Å². The molecule has 0 radical (unpaired) electrons. The number of nitrogens with zero attached hydrogens (tertiary/aromatic N) is 1. The molecule has 2 aromatic carbocycles. The first-order valence-corrected chi connectivity index (χ1v) is 8.42. The van der Waals surface area contributed by atoms with Crippen LogP contribution in [-0.2, 0) is 4.74 Å². The number of carbonyl (C=O) groups excluding carboxylic acids is 1. The Balaban J connectivity index is 1.82. The van der Waals surface area contributed by atoms with Gasteiger partial charge in [-0.05, 0) is 36.8 Å². The lowest BCUT2D eigenvalue weighted by Gasteiger charge is -2.33. The fourth-order valence-corrected chi connectivity index (χ4v) is 3.10. The summed E-state index contributed by atoms with van der Waals surface area (Å²) in [6, 6.07) is 9.62. The third kappa shape index (κ3) is 3.65. The van der Waals surface area contributed by atoms with Crippen LogP contribution in [0.3, 0.4) is 0 Å². The average Bonchev–Trinajstić information content (AvgIpc) is 2.68. The van der Waals surface area contributed by atoms with Crippen LogP contribution in [0, 0.1) is 12.7 Å². The highest BCUT2D eigenvalue weighted by atomic mass is 19.1. The first-order valence-electron chi connectivity index (χ1n) is 8.42. The van der Waals surface area contributed by atoms with Gasteiger partial charge in [-0.3, -0.25) is 4.79 Å². The van der Waals surface area contributed by atoms with Gasteiger partial charge in [-0.1, -0.05) is 12.1 Å². The van der Waals surface area contributed by atoms with Crippen LogP contribution in [0.1, 0.15) is 27.6 Å². The van der Waals surface area contributed by atoms with Crippen LogP contribution >= 0.6 is 0 Å². The topological polar surface area (TPSA) is 48.0 Å². The lowest BCUT2D eigenvalue weighted by atomic mass is 10.1. The van der Waals surface area contributed by atoms with Crippen molar-refractivity contribution in [3.63, 3.8) is 0 Å². The van der Waals surface area contributed by atoms with E-state index in [-0.39, 0.29) is 17.8 Å². The monoisotopic (exact) mass is 359 g/mol. The lowest BCUT2D eigenvalue weighted by Crippen LogP contribution is -2.42. The summed E-state index contributed by atoms with van der Waals surface area (Å²) < 4.78 is 29.6. The Kier molecular flexibility index (Phi) is 5.42. The molecule has 1 atom stereocenters. The minimum atomic E-state index is -0.295. The third-order valence-corrected chi connectivity index (χ3v) is 4.59. The molecule has 3 rings (SSSR count). The molecule has 1 amide bonds. The smallest absolute Gasteiger partial charge is 0.254 e. The quantitative estimate of drug-likeness (QED) is 0.840. The minimum absolute atomic E-state index is 0.114. The molecule has 138 valence electrons. The van der Waals surface area contributed by atoms with E-state index < -0.39 is 0 Å². The molecule has 0 aliphatic carbocycles. The van der Waals surface area contributed by atoms with Crippen molar-refractivity contribution in [2.45, 2.75) is 13.0 Å². The fourth-order valence-electron chi connectivity index (χ4n) is 3.10. The first kappa shape index (κ1) is 18.2. The van der Waals surface area contributed by atoms with Crippen LogP contribution < -0.4 is 9.47 Å². The SMILES string of the molecule is COc1cc(C(=O)N2CCOC(c3ccc(F)cc3)C2)cc(OC)c1C. The van der Waals surface area contributed by atoms with E-state index in [9.17, 15) is 9.18 Å². The van der Waals surface area contributed by atoms with Crippen LogP contribution in [0.2, 0.25) is 0 Å². The molecule has 26 heavy (non-hydrogen) atoms. The van der Waals surface area contributed by atoms with Crippen LogP contribution in [0.25, 0.3) is 0 Å². The molecule has 0 N–H and O–H groups in total. The minimum Gasteiger partial charge on any atom is -0.496 e. The zero-order chi connectivity index (χ0) is 18.7. The van der Waals surface area contributed by atoms with Crippen LogP contribution in [0.4, 0.5) is 4.39 Å². The second-order valence-corrected chi connectivity index (χ2v) is 6.17. The molecule has 1 aliphatic rings. The number of morpholine rings is 1. The Bertz CT molecular complexity index is 766. The molecule has 2 aromatic rings. The van der Waals surface area contributed by atoms with Crippen molar-refractivity contribution in [2.75, 3.05) is 33.9 Å². The second kappa shape index (κ2) is 7.74. The number of halogens is 1. The van der Waals surface area contributed by atoms with Gasteiger partial charge < -0.3 is 19.1 Å². The van der Waals surface area contributed by atoms with Crippen LogP contribution in [0.5, 0.6) is 11.5 Å². The van der Waals surface area contributed by atoms with E-state index in [1.165, 1.54) is 12.1 Å². The maximum Gasteiger partial charge on any atom is 0.254 e. The highest BCUT2D eigenvalue weighted by Crippen LogP contribution is 2.31. The Hall–Kier alpha value is -2.60. The molecule has 1 fully saturated rings. The largest absolute Gasteiger partial charge is 0.496 e. The van der Waals surface area contributed by atoms with E-state index in [2.05, 4.69) is 0 Å². The molecule has 1 unspecified atom stereocenters. The number of carbonyl (C=O) groups is 1. The Morgan fingerprint density at radius 1 is 1.15 bits per heavy atom. The average molecular weight is 359 g/mol. The zero-order valence-electron chi connectivity index (χ0n) is 15.1. The third-order valence-electron chi connectivity index (χ3n) is 4.59. The van der Waals surface area contributed by atoms with E-state index in [1.807, 2.05) is 6.92 Å². The predicted octanol–water partition coefficient (Wildman–Crippen LogP) is 3.37. The molecule has 1 heterocycles. The van der Waals surface area contributed by atoms with Gasteiger partial charge in [0.15, 0.2) is 0 Å². The summed E-state index contributed by atoms with van der Waals surface area (Å²) in [6.45, 7) is 3.21. The van der Waals surface area contributed by atoms with Crippen LogP contribution in [0.15, 0.2) is 36.4 Å². The van der Waals surface area contributed by atoms with Gasteiger partial charge >= 0.3 is 0 Å². The molecule has 0 aromatic heterocycles. The number of methoxy groups -OCH3 is 2. The van der Waals surface area contributed by atoms with Gasteiger partial charge in [-0.15, -0.1) is 0 Å². The van der Waals surface area contributed by atoms with E-state index in [4.69, 9.17) is 14.2 Å². The Labute approximate surface area is 152 Å². The number of hydrogen-bond donors (Lipinski definition) is 0.